The molecule has 4 aromatic rings. The molecule has 0 bridgehead atoms. The Morgan fingerprint density at radius 3 is 2.77 bits per heavy atom. The number of benzene rings is 2. The molecule has 2 aromatic carbocycles. The zero-order valence-electron chi connectivity index (χ0n) is 19.5. The first kappa shape index (κ1) is 22.9. The van der Waals surface area contributed by atoms with E-state index in [1.54, 1.807) is 12.4 Å². The van der Waals surface area contributed by atoms with Gasteiger partial charge >= 0.3 is 0 Å². The number of aromatic nitrogens is 4. The number of rotatable bonds is 8. The van der Waals surface area contributed by atoms with Crippen molar-refractivity contribution in [1.82, 2.24) is 25.1 Å². The Bertz CT molecular complexity index is 1340. The molecule has 1 amide bonds. The topological polar surface area (TPSA) is 91.2 Å². The van der Waals surface area contributed by atoms with Gasteiger partial charge in [0.1, 0.15) is 0 Å². The van der Waals surface area contributed by atoms with E-state index >= 15 is 0 Å². The van der Waals surface area contributed by atoms with Crippen LogP contribution in [0.5, 0.6) is 11.5 Å². The molecule has 0 saturated heterocycles. The van der Waals surface area contributed by atoms with Gasteiger partial charge in [-0.15, -0.1) is 10.2 Å². The lowest BCUT2D eigenvalue weighted by atomic mass is 10.0. The Balaban J connectivity index is 1.35. The highest BCUT2D eigenvalue weighted by Gasteiger charge is 2.20. The quantitative estimate of drug-likeness (QED) is 0.364. The predicted octanol–water partition coefficient (Wildman–Crippen LogP) is 4.59. The number of pyridine rings is 1. The first-order valence-corrected chi connectivity index (χ1v) is 12.3. The second-order valence-electron chi connectivity index (χ2n) is 8.35. The molecule has 5 rings (SSSR count). The van der Waals surface area contributed by atoms with Crippen LogP contribution in [0.1, 0.15) is 30.9 Å². The van der Waals surface area contributed by atoms with Gasteiger partial charge in [0.15, 0.2) is 22.5 Å². The average Bonchev–Trinajstić information content (AvgIpc) is 3.53. The van der Waals surface area contributed by atoms with Gasteiger partial charge in [-0.25, -0.2) is 0 Å². The van der Waals surface area contributed by atoms with E-state index in [0.717, 1.165) is 22.6 Å². The normalized spacial score (nSPS) is 12.2. The molecular weight excluding hydrogens is 462 g/mol. The minimum atomic E-state index is -0.0951. The van der Waals surface area contributed by atoms with Crippen LogP contribution >= 0.6 is 11.8 Å². The molecule has 0 saturated carbocycles. The van der Waals surface area contributed by atoms with Crippen LogP contribution in [0.4, 0.5) is 0 Å². The van der Waals surface area contributed by atoms with Crippen molar-refractivity contribution in [1.29, 1.82) is 0 Å². The Morgan fingerprint density at radius 1 is 1.09 bits per heavy atom. The molecular formula is C26H25N5O3S. The standard InChI is InChI=1S/C26H25N5O3S/c1-17(2)20-7-3-4-8-21(20)31-25(19-6-5-11-27-14-19)29-30-26(31)35-15-24(32)28-13-18-9-10-22-23(12-18)34-16-33-22/h3-12,14,17H,13,15-16H2,1-2H3,(H,28,32). The number of fused-ring (bicyclic) bond motifs is 1. The molecule has 0 aliphatic carbocycles. The Morgan fingerprint density at radius 2 is 1.94 bits per heavy atom. The number of carbonyl (C=O) groups excluding carboxylic acids is 1. The van der Waals surface area contributed by atoms with Crippen LogP contribution in [0.2, 0.25) is 0 Å². The van der Waals surface area contributed by atoms with Gasteiger partial charge in [0.25, 0.3) is 0 Å². The third-order valence-electron chi connectivity index (χ3n) is 5.61. The fourth-order valence-corrected chi connectivity index (χ4v) is 4.65. The predicted molar refractivity (Wildman–Crippen MR) is 134 cm³/mol. The van der Waals surface area contributed by atoms with Gasteiger partial charge in [-0.2, -0.15) is 0 Å². The molecule has 9 heteroatoms. The molecule has 8 nitrogen and oxygen atoms in total. The molecule has 0 radical (unpaired) electrons. The van der Waals surface area contributed by atoms with Crippen molar-refractivity contribution in [2.45, 2.75) is 31.5 Å². The smallest absolute Gasteiger partial charge is 0.231 e. The highest BCUT2D eigenvalue weighted by Crippen LogP contribution is 2.33. The van der Waals surface area contributed by atoms with Crippen molar-refractivity contribution >= 4 is 17.7 Å². The van der Waals surface area contributed by atoms with Crippen molar-refractivity contribution in [2.75, 3.05) is 12.5 Å². The number of thioether (sulfide) groups is 1. The summed E-state index contributed by atoms with van der Waals surface area (Å²) in [7, 11) is 0. The van der Waals surface area contributed by atoms with E-state index in [1.165, 1.54) is 17.3 Å². The van der Waals surface area contributed by atoms with E-state index in [0.29, 0.717) is 29.2 Å². The van der Waals surface area contributed by atoms with Crippen molar-refractivity contribution in [3.05, 3.63) is 78.1 Å². The maximum Gasteiger partial charge on any atom is 0.231 e. The number of amides is 1. The highest BCUT2D eigenvalue weighted by molar-refractivity contribution is 7.99. The molecule has 2 aromatic heterocycles. The third-order valence-corrected chi connectivity index (χ3v) is 6.54. The summed E-state index contributed by atoms with van der Waals surface area (Å²) >= 11 is 1.35. The lowest BCUT2D eigenvalue weighted by Crippen LogP contribution is -2.24. The summed E-state index contributed by atoms with van der Waals surface area (Å²) in [5.41, 5.74) is 3.97. The summed E-state index contributed by atoms with van der Waals surface area (Å²) in [6.45, 7) is 4.94. The minimum Gasteiger partial charge on any atom is -0.454 e. The molecule has 1 N–H and O–H groups in total. The van der Waals surface area contributed by atoms with Gasteiger partial charge in [0, 0.05) is 24.5 Å². The van der Waals surface area contributed by atoms with Crippen LogP contribution < -0.4 is 14.8 Å². The maximum atomic E-state index is 12.7. The fourth-order valence-electron chi connectivity index (χ4n) is 3.87. The number of nitrogens with zero attached hydrogens (tertiary/aromatic N) is 4. The highest BCUT2D eigenvalue weighted by atomic mass is 32.2. The van der Waals surface area contributed by atoms with Crippen LogP contribution in [0.3, 0.4) is 0 Å². The van der Waals surface area contributed by atoms with Crippen LogP contribution in [0.25, 0.3) is 17.1 Å². The summed E-state index contributed by atoms with van der Waals surface area (Å²) in [6.07, 6.45) is 3.50. The van der Waals surface area contributed by atoms with E-state index in [1.807, 2.05) is 47.0 Å². The lowest BCUT2D eigenvalue weighted by Gasteiger charge is -2.16. The summed E-state index contributed by atoms with van der Waals surface area (Å²) in [4.78, 5) is 16.9. The van der Waals surface area contributed by atoms with Gasteiger partial charge in [-0.1, -0.05) is 49.9 Å². The summed E-state index contributed by atoms with van der Waals surface area (Å²) < 4.78 is 12.8. The van der Waals surface area contributed by atoms with Crippen molar-refractivity contribution in [3.63, 3.8) is 0 Å². The van der Waals surface area contributed by atoms with E-state index < -0.39 is 0 Å². The number of nitrogens with one attached hydrogen (secondary N) is 1. The second-order valence-corrected chi connectivity index (χ2v) is 9.29. The monoisotopic (exact) mass is 487 g/mol. The third kappa shape index (κ3) is 5.00. The average molecular weight is 488 g/mol. The zero-order chi connectivity index (χ0) is 24.2. The summed E-state index contributed by atoms with van der Waals surface area (Å²) in [6, 6.07) is 17.7. The van der Waals surface area contributed by atoms with Gasteiger partial charge < -0.3 is 14.8 Å². The maximum absolute atomic E-state index is 12.7. The first-order chi connectivity index (χ1) is 17.1. The van der Waals surface area contributed by atoms with Gasteiger partial charge in [-0.05, 0) is 47.4 Å². The molecule has 3 heterocycles. The van der Waals surface area contributed by atoms with Crippen molar-refractivity contribution in [2.24, 2.45) is 0 Å². The molecule has 0 atom stereocenters. The van der Waals surface area contributed by atoms with E-state index in [-0.39, 0.29) is 18.5 Å². The number of carbonyl (C=O) groups is 1. The SMILES string of the molecule is CC(C)c1ccccc1-n1c(SCC(=O)NCc2ccc3c(c2)OCO3)nnc1-c1cccnc1. The largest absolute Gasteiger partial charge is 0.454 e. The zero-order valence-corrected chi connectivity index (χ0v) is 20.3. The van der Waals surface area contributed by atoms with Crippen LogP contribution in [0, 0.1) is 0 Å². The minimum absolute atomic E-state index is 0.0951. The van der Waals surface area contributed by atoms with Crippen LogP contribution in [-0.2, 0) is 11.3 Å². The lowest BCUT2D eigenvalue weighted by molar-refractivity contribution is -0.118. The molecule has 1 aliphatic rings. The molecule has 0 spiro atoms. The Labute approximate surface area is 207 Å². The molecule has 1 aliphatic heterocycles. The van der Waals surface area contributed by atoms with E-state index in [2.05, 4.69) is 46.5 Å². The summed E-state index contributed by atoms with van der Waals surface area (Å²) in [5, 5.41) is 12.5. The number of hydrogen-bond donors (Lipinski definition) is 1. The molecule has 0 unspecified atom stereocenters. The van der Waals surface area contributed by atoms with Crippen LogP contribution in [0.15, 0.2) is 72.1 Å². The van der Waals surface area contributed by atoms with E-state index in [9.17, 15) is 4.79 Å². The van der Waals surface area contributed by atoms with Crippen molar-refractivity contribution < 1.29 is 14.3 Å². The van der Waals surface area contributed by atoms with Crippen molar-refractivity contribution in [3.8, 4) is 28.6 Å². The Hall–Kier alpha value is -3.85. The molecule has 178 valence electrons. The number of para-hydroxylation sites is 1. The molecule has 0 fully saturated rings. The first-order valence-electron chi connectivity index (χ1n) is 11.3. The van der Waals surface area contributed by atoms with E-state index in [4.69, 9.17) is 9.47 Å². The molecule has 35 heavy (non-hydrogen) atoms. The van der Waals surface area contributed by atoms with Gasteiger partial charge in [0.05, 0.1) is 11.4 Å². The number of ether oxygens (including phenoxy) is 2. The second kappa shape index (κ2) is 10.2. The number of hydrogen-bond acceptors (Lipinski definition) is 7. The fraction of sp³-hybridized carbons (Fsp3) is 0.231. The van der Waals surface area contributed by atoms with Gasteiger partial charge in [-0.3, -0.25) is 14.3 Å². The van der Waals surface area contributed by atoms with Gasteiger partial charge in [0.2, 0.25) is 12.7 Å². The Kier molecular flexibility index (Phi) is 6.67. The summed E-state index contributed by atoms with van der Waals surface area (Å²) in [5.74, 6) is 2.53. The van der Waals surface area contributed by atoms with Crippen LogP contribution in [-0.4, -0.2) is 38.2 Å².